The first-order chi connectivity index (χ1) is 9.75. The Morgan fingerprint density at radius 1 is 1.33 bits per heavy atom. The van der Waals surface area contributed by atoms with Gasteiger partial charge in [0.1, 0.15) is 0 Å². The summed E-state index contributed by atoms with van der Waals surface area (Å²) in [4.78, 5) is 11.0. The number of hydrogen-bond donors (Lipinski definition) is 2. The third-order valence-electron chi connectivity index (χ3n) is 3.08. The lowest BCUT2D eigenvalue weighted by Crippen LogP contribution is -2.36. The minimum Gasteiger partial charge on any atom is -0.481 e. The summed E-state index contributed by atoms with van der Waals surface area (Å²) >= 11 is 0. The van der Waals surface area contributed by atoms with Crippen LogP contribution < -0.4 is 4.72 Å². The Balaban J connectivity index is 2.69. The molecule has 114 valence electrons. The molecule has 1 rings (SSSR count). The van der Waals surface area contributed by atoms with Crippen molar-refractivity contribution >= 4 is 16.0 Å². The van der Waals surface area contributed by atoms with Crippen molar-refractivity contribution in [3.63, 3.8) is 0 Å². The van der Waals surface area contributed by atoms with Crippen molar-refractivity contribution in [3.8, 4) is 6.07 Å². The first-order valence-corrected chi connectivity index (χ1v) is 8.09. The second kappa shape index (κ2) is 7.20. The van der Waals surface area contributed by atoms with Gasteiger partial charge in [-0.05, 0) is 23.6 Å². The van der Waals surface area contributed by atoms with E-state index in [1.54, 1.807) is 38.1 Å². The van der Waals surface area contributed by atoms with Crippen molar-refractivity contribution in [2.24, 2.45) is 11.8 Å². The van der Waals surface area contributed by atoms with E-state index >= 15 is 0 Å². The highest BCUT2D eigenvalue weighted by Gasteiger charge is 2.23. The van der Waals surface area contributed by atoms with Crippen LogP contribution in [0.5, 0.6) is 0 Å². The number of nitriles is 1. The van der Waals surface area contributed by atoms with Gasteiger partial charge in [-0.2, -0.15) is 5.26 Å². The van der Waals surface area contributed by atoms with E-state index in [1.807, 2.05) is 6.07 Å². The monoisotopic (exact) mass is 310 g/mol. The summed E-state index contributed by atoms with van der Waals surface area (Å²) in [7, 11) is -3.61. The highest BCUT2D eigenvalue weighted by atomic mass is 32.2. The van der Waals surface area contributed by atoms with Crippen LogP contribution in [0.4, 0.5) is 0 Å². The average Bonchev–Trinajstić information content (AvgIpc) is 2.38. The lowest BCUT2D eigenvalue weighted by molar-refractivity contribution is -0.142. The Kier molecular flexibility index (Phi) is 5.88. The van der Waals surface area contributed by atoms with Crippen molar-refractivity contribution in [2.75, 3.05) is 6.54 Å². The van der Waals surface area contributed by atoms with E-state index in [9.17, 15) is 13.2 Å². The molecule has 0 fully saturated rings. The molecule has 6 nitrogen and oxygen atoms in total. The fourth-order valence-corrected chi connectivity index (χ4v) is 2.94. The molecule has 21 heavy (non-hydrogen) atoms. The van der Waals surface area contributed by atoms with Gasteiger partial charge in [0, 0.05) is 6.54 Å². The van der Waals surface area contributed by atoms with E-state index in [-0.39, 0.29) is 18.2 Å². The number of hydrogen-bond acceptors (Lipinski definition) is 4. The van der Waals surface area contributed by atoms with Gasteiger partial charge < -0.3 is 5.11 Å². The molecule has 7 heteroatoms. The lowest BCUT2D eigenvalue weighted by atomic mass is 9.97. The Morgan fingerprint density at radius 3 is 2.33 bits per heavy atom. The molecular weight excluding hydrogens is 292 g/mol. The van der Waals surface area contributed by atoms with E-state index in [4.69, 9.17) is 10.4 Å². The van der Waals surface area contributed by atoms with Crippen LogP contribution in [0.15, 0.2) is 24.3 Å². The summed E-state index contributed by atoms with van der Waals surface area (Å²) in [6.07, 6.45) is 0. The van der Waals surface area contributed by atoms with Gasteiger partial charge in [0.15, 0.2) is 0 Å². The third-order valence-corrected chi connectivity index (χ3v) is 4.40. The second-order valence-corrected chi connectivity index (χ2v) is 6.91. The third kappa shape index (κ3) is 5.53. The zero-order valence-electron chi connectivity index (χ0n) is 11.9. The normalized spacial score (nSPS) is 12.9. The summed E-state index contributed by atoms with van der Waals surface area (Å²) in [6.45, 7) is 3.33. The van der Waals surface area contributed by atoms with Crippen molar-refractivity contribution in [3.05, 3.63) is 35.4 Å². The number of sulfonamides is 1. The van der Waals surface area contributed by atoms with Crippen LogP contribution in [0, 0.1) is 23.2 Å². The topological polar surface area (TPSA) is 107 Å². The number of rotatable bonds is 7. The summed E-state index contributed by atoms with van der Waals surface area (Å²) < 4.78 is 26.2. The smallest absolute Gasteiger partial charge is 0.308 e. The zero-order valence-corrected chi connectivity index (χ0v) is 12.7. The zero-order chi connectivity index (χ0) is 16.0. The van der Waals surface area contributed by atoms with Crippen LogP contribution in [0.1, 0.15) is 25.0 Å². The van der Waals surface area contributed by atoms with E-state index in [0.717, 1.165) is 0 Å². The molecule has 1 aromatic rings. The molecule has 1 aromatic carbocycles. The minimum absolute atomic E-state index is 0.133. The number of aliphatic carboxylic acids is 1. The summed E-state index contributed by atoms with van der Waals surface area (Å²) in [5, 5.41) is 17.7. The maximum absolute atomic E-state index is 11.9. The quantitative estimate of drug-likeness (QED) is 0.790. The van der Waals surface area contributed by atoms with E-state index in [0.29, 0.717) is 11.1 Å². The molecule has 0 bridgehead atoms. The predicted octanol–water partition coefficient (Wildman–Crippen LogP) is 1.33. The first kappa shape index (κ1) is 17.1. The number of carboxylic acids is 1. The molecule has 0 aromatic heterocycles. The molecule has 0 aliphatic heterocycles. The average molecular weight is 310 g/mol. The number of nitrogens with zero attached hydrogens (tertiary/aromatic N) is 1. The van der Waals surface area contributed by atoms with Crippen molar-refractivity contribution in [2.45, 2.75) is 19.6 Å². The van der Waals surface area contributed by atoms with Crippen molar-refractivity contribution in [1.82, 2.24) is 4.72 Å². The van der Waals surface area contributed by atoms with Gasteiger partial charge in [-0.25, -0.2) is 13.1 Å². The Morgan fingerprint density at radius 2 is 1.90 bits per heavy atom. The fourth-order valence-electron chi connectivity index (χ4n) is 1.77. The van der Waals surface area contributed by atoms with Crippen LogP contribution in [-0.4, -0.2) is 26.0 Å². The standard InChI is InChI=1S/C14H18N2O4S/c1-10(2)13(14(17)18)8-16-21(19,20)9-12-5-3-11(7-15)4-6-12/h3-6,10,13,16H,8-9H2,1-2H3,(H,17,18). The number of carboxylic acid groups (broad SMARTS) is 1. The SMILES string of the molecule is CC(C)C(CNS(=O)(=O)Cc1ccc(C#N)cc1)C(=O)O. The fraction of sp³-hybridized carbons (Fsp3) is 0.429. The molecular formula is C14H18N2O4S. The molecule has 1 atom stereocenters. The van der Waals surface area contributed by atoms with Gasteiger partial charge >= 0.3 is 5.97 Å². The van der Waals surface area contributed by atoms with Crippen LogP contribution in [-0.2, 0) is 20.6 Å². The summed E-state index contributed by atoms with van der Waals surface area (Å²) in [6, 6.07) is 8.16. The molecule has 0 saturated heterocycles. The van der Waals surface area contributed by atoms with E-state index in [1.165, 1.54) is 0 Å². The minimum atomic E-state index is -3.61. The molecule has 0 aliphatic rings. The highest BCUT2D eigenvalue weighted by Crippen LogP contribution is 2.12. The summed E-state index contributed by atoms with van der Waals surface area (Å²) in [5.74, 6) is -2.20. The van der Waals surface area contributed by atoms with Crippen LogP contribution in [0.3, 0.4) is 0 Å². The molecule has 1 unspecified atom stereocenters. The Labute approximate surface area is 124 Å². The van der Waals surface area contributed by atoms with Crippen molar-refractivity contribution in [1.29, 1.82) is 5.26 Å². The molecule has 0 spiro atoms. The maximum Gasteiger partial charge on any atom is 0.308 e. The van der Waals surface area contributed by atoms with Crippen LogP contribution in [0.2, 0.25) is 0 Å². The Bertz CT molecular complexity index is 630. The highest BCUT2D eigenvalue weighted by molar-refractivity contribution is 7.88. The van der Waals surface area contributed by atoms with Crippen molar-refractivity contribution < 1.29 is 18.3 Å². The predicted molar refractivity (Wildman–Crippen MR) is 77.7 cm³/mol. The molecule has 0 saturated carbocycles. The molecule has 0 heterocycles. The number of carbonyl (C=O) groups is 1. The number of nitrogens with one attached hydrogen (secondary N) is 1. The van der Waals surface area contributed by atoms with Crippen LogP contribution in [0.25, 0.3) is 0 Å². The van der Waals surface area contributed by atoms with E-state index in [2.05, 4.69) is 4.72 Å². The first-order valence-electron chi connectivity index (χ1n) is 6.44. The largest absolute Gasteiger partial charge is 0.481 e. The number of benzene rings is 1. The molecule has 2 N–H and O–H groups in total. The van der Waals surface area contributed by atoms with Gasteiger partial charge in [-0.15, -0.1) is 0 Å². The van der Waals surface area contributed by atoms with E-state index < -0.39 is 21.9 Å². The second-order valence-electron chi connectivity index (χ2n) is 5.11. The maximum atomic E-state index is 11.9. The molecule has 0 amide bonds. The lowest BCUT2D eigenvalue weighted by Gasteiger charge is -2.16. The van der Waals surface area contributed by atoms with Gasteiger partial charge in [-0.3, -0.25) is 4.79 Å². The van der Waals surface area contributed by atoms with Crippen LogP contribution >= 0.6 is 0 Å². The van der Waals surface area contributed by atoms with Gasteiger partial charge in [0.05, 0.1) is 23.3 Å². The van der Waals surface area contributed by atoms with Gasteiger partial charge in [-0.1, -0.05) is 26.0 Å². The van der Waals surface area contributed by atoms with Gasteiger partial charge in [0.25, 0.3) is 0 Å². The molecule has 0 radical (unpaired) electrons. The Hall–Kier alpha value is -1.91. The van der Waals surface area contributed by atoms with Gasteiger partial charge in [0.2, 0.25) is 10.0 Å². The summed E-state index contributed by atoms with van der Waals surface area (Å²) in [5.41, 5.74) is 0.993. The molecule has 0 aliphatic carbocycles.